The summed E-state index contributed by atoms with van der Waals surface area (Å²) in [5.74, 6) is 0.680. The highest BCUT2D eigenvalue weighted by Crippen LogP contribution is 2.27. The summed E-state index contributed by atoms with van der Waals surface area (Å²) in [4.78, 5) is 1.21. The summed E-state index contributed by atoms with van der Waals surface area (Å²) in [6, 6.07) is 7.50. The second kappa shape index (κ2) is 10.8. The van der Waals surface area contributed by atoms with Gasteiger partial charge in [-0.05, 0) is 72.9 Å². The maximum atomic E-state index is 10.4. The van der Waals surface area contributed by atoms with Gasteiger partial charge in [0.2, 0.25) is 0 Å². The molecule has 0 aliphatic rings. The topological polar surface area (TPSA) is 69.9 Å². The monoisotopic (exact) mass is 404 g/mol. The van der Waals surface area contributed by atoms with E-state index in [0.29, 0.717) is 23.5 Å². The molecule has 0 spiro atoms. The van der Waals surface area contributed by atoms with E-state index in [1.807, 2.05) is 19.9 Å². The molecule has 2 aromatic rings. The molecule has 0 aliphatic heterocycles. The standard InChI is InChI=1S/C23H32O4S/c1-4-23(26,5-2)10-6-7-17(3)22-11-18(16-28-22)15-27-21-9-8-19(13-24)20(12-21)14-25/h7-9,11-12,16,24-26H,4-6,10,13-15H2,1-3H3/b17-7-. The van der Waals surface area contributed by atoms with Gasteiger partial charge in [-0.3, -0.25) is 0 Å². The van der Waals surface area contributed by atoms with Crippen LogP contribution in [0.4, 0.5) is 0 Å². The van der Waals surface area contributed by atoms with E-state index in [-0.39, 0.29) is 13.2 Å². The zero-order chi connectivity index (χ0) is 20.6. The Labute approximate surface area is 172 Å². The van der Waals surface area contributed by atoms with E-state index in [1.54, 1.807) is 23.5 Å². The number of benzene rings is 1. The minimum absolute atomic E-state index is 0.0937. The SMILES string of the molecule is CCC(O)(CC)CC/C=C(/C)c1cc(COc2ccc(CO)c(CO)c2)cs1. The van der Waals surface area contributed by atoms with Crippen molar-refractivity contribution in [3.05, 3.63) is 57.3 Å². The van der Waals surface area contributed by atoms with Gasteiger partial charge in [0.15, 0.2) is 0 Å². The lowest BCUT2D eigenvalue weighted by Gasteiger charge is -2.24. The van der Waals surface area contributed by atoms with Crippen LogP contribution in [0.2, 0.25) is 0 Å². The lowest BCUT2D eigenvalue weighted by atomic mass is 9.91. The number of hydrogen-bond donors (Lipinski definition) is 3. The van der Waals surface area contributed by atoms with Crippen LogP contribution in [0.25, 0.3) is 5.57 Å². The molecule has 0 unspecified atom stereocenters. The lowest BCUT2D eigenvalue weighted by Crippen LogP contribution is -2.25. The highest BCUT2D eigenvalue weighted by molar-refractivity contribution is 7.11. The van der Waals surface area contributed by atoms with E-state index in [9.17, 15) is 15.3 Å². The maximum Gasteiger partial charge on any atom is 0.120 e. The largest absolute Gasteiger partial charge is 0.489 e. The fourth-order valence-corrected chi connectivity index (χ4v) is 3.98. The van der Waals surface area contributed by atoms with Gasteiger partial charge < -0.3 is 20.1 Å². The van der Waals surface area contributed by atoms with Gasteiger partial charge in [-0.1, -0.05) is 26.0 Å². The summed E-state index contributed by atoms with van der Waals surface area (Å²) in [5, 5.41) is 31.1. The number of allylic oxidation sites excluding steroid dienone is 2. The minimum atomic E-state index is -0.551. The Hall–Kier alpha value is -1.66. The van der Waals surface area contributed by atoms with Crippen LogP contribution < -0.4 is 4.74 Å². The molecule has 28 heavy (non-hydrogen) atoms. The van der Waals surface area contributed by atoms with E-state index in [2.05, 4.69) is 24.4 Å². The predicted octanol–water partition coefficient (Wildman–Crippen LogP) is 5.05. The molecule has 0 aliphatic carbocycles. The first kappa shape index (κ1) is 22.6. The molecule has 3 N–H and O–H groups in total. The van der Waals surface area contributed by atoms with Crippen LogP contribution in [0.5, 0.6) is 5.75 Å². The van der Waals surface area contributed by atoms with Crippen molar-refractivity contribution in [2.75, 3.05) is 0 Å². The molecule has 5 heteroatoms. The smallest absolute Gasteiger partial charge is 0.120 e. The molecule has 2 rings (SSSR count). The van der Waals surface area contributed by atoms with Crippen molar-refractivity contribution < 1.29 is 20.1 Å². The van der Waals surface area contributed by atoms with Crippen LogP contribution in [0.15, 0.2) is 35.7 Å². The quantitative estimate of drug-likeness (QED) is 0.490. The van der Waals surface area contributed by atoms with Gasteiger partial charge in [0, 0.05) is 10.4 Å². The van der Waals surface area contributed by atoms with Gasteiger partial charge in [-0.2, -0.15) is 0 Å². The van der Waals surface area contributed by atoms with Crippen molar-refractivity contribution in [2.45, 2.75) is 71.9 Å². The summed E-state index contributed by atoms with van der Waals surface area (Å²) >= 11 is 1.69. The summed E-state index contributed by atoms with van der Waals surface area (Å²) in [6.45, 7) is 6.42. The van der Waals surface area contributed by atoms with Crippen LogP contribution in [0.1, 0.15) is 68.0 Å². The second-order valence-electron chi connectivity index (χ2n) is 7.21. The molecule has 1 aromatic carbocycles. The van der Waals surface area contributed by atoms with Crippen molar-refractivity contribution in [1.82, 2.24) is 0 Å². The van der Waals surface area contributed by atoms with Crippen LogP contribution in [0.3, 0.4) is 0 Å². The van der Waals surface area contributed by atoms with Gasteiger partial charge in [-0.25, -0.2) is 0 Å². The molecule has 0 bridgehead atoms. The summed E-state index contributed by atoms with van der Waals surface area (Å²) in [6.07, 6.45) is 5.43. The average Bonchev–Trinajstić information content (AvgIpc) is 3.21. The molecular weight excluding hydrogens is 372 g/mol. The molecule has 0 radical (unpaired) electrons. The highest BCUT2D eigenvalue weighted by atomic mass is 32.1. The normalized spacial score (nSPS) is 12.4. The van der Waals surface area contributed by atoms with Gasteiger partial charge in [0.05, 0.1) is 18.8 Å². The number of aliphatic hydroxyl groups is 3. The Morgan fingerprint density at radius 1 is 1.11 bits per heavy atom. The molecular formula is C23H32O4S. The van der Waals surface area contributed by atoms with Gasteiger partial charge in [0.1, 0.15) is 12.4 Å². The Balaban J connectivity index is 1.94. The number of rotatable bonds is 11. The van der Waals surface area contributed by atoms with Gasteiger partial charge in [-0.15, -0.1) is 11.3 Å². The van der Waals surface area contributed by atoms with Crippen molar-refractivity contribution in [3.8, 4) is 5.75 Å². The van der Waals surface area contributed by atoms with Gasteiger partial charge in [0.25, 0.3) is 0 Å². The Morgan fingerprint density at radius 2 is 1.82 bits per heavy atom. The number of aliphatic hydroxyl groups excluding tert-OH is 2. The first-order valence-electron chi connectivity index (χ1n) is 9.88. The Kier molecular flexibility index (Phi) is 8.70. The first-order chi connectivity index (χ1) is 13.4. The molecule has 0 fully saturated rings. The molecule has 0 atom stereocenters. The van der Waals surface area contributed by atoms with Crippen molar-refractivity contribution in [2.24, 2.45) is 0 Å². The first-order valence-corrected chi connectivity index (χ1v) is 10.8. The average molecular weight is 405 g/mol. The third-order valence-electron chi connectivity index (χ3n) is 5.34. The maximum absolute atomic E-state index is 10.4. The number of thiophene rings is 1. The summed E-state index contributed by atoms with van der Waals surface area (Å²) in [5.41, 5.74) is 3.17. The molecule has 4 nitrogen and oxygen atoms in total. The number of ether oxygens (including phenoxy) is 1. The highest BCUT2D eigenvalue weighted by Gasteiger charge is 2.20. The van der Waals surface area contributed by atoms with E-state index >= 15 is 0 Å². The number of hydrogen-bond acceptors (Lipinski definition) is 5. The van der Waals surface area contributed by atoms with E-state index < -0.39 is 5.60 Å². The van der Waals surface area contributed by atoms with Crippen molar-refractivity contribution in [3.63, 3.8) is 0 Å². The molecule has 1 heterocycles. The van der Waals surface area contributed by atoms with E-state index in [0.717, 1.165) is 31.2 Å². The predicted molar refractivity (Wildman–Crippen MR) is 115 cm³/mol. The molecule has 0 saturated carbocycles. The zero-order valence-corrected chi connectivity index (χ0v) is 17.9. The van der Waals surface area contributed by atoms with Crippen LogP contribution >= 0.6 is 11.3 Å². The van der Waals surface area contributed by atoms with E-state index in [4.69, 9.17) is 4.74 Å². The zero-order valence-electron chi connectivity index (χ0n) is 17.1. The molecule has 154 valence electrons. The fraction of sp³-hybridized carbons (Fsp3) is 0.478. The van der Waals surface area contributed by atoms with Crippen LogP contribution in [-0.4, -0.2) is 20.9 Å². The Bertz CT molecular complexity index is 775. The molecule has 0 saturated heterocycles. The third-order valence-corrected chi connectivity index (χ3v) is 6.46. The molecule has 0 amide bonds. The van der Waals surface area contributed by atoms with Crippen LogP contribution in [0, 0.1) is 0 Å². The minimum Gasteiger partial charge on any atom is -0.489 e. The lowest BCUT2D eigenvalue weighted by molar-refractivity contribution is 0.0246. The summed E-state index contributed by atoms with van der Waals surface area (Å²) < 4.78 is 5.84. The van der Waals surface area contributed by atoms with Crippen molar-refractivity contribution in [1.29, 1.82) is 0 Å². The second-order valence-corrected chi connectivity index (χ2v) is 8.12. The Morgan fingerprint density at radius 3 is 2.46 bits per heavy atom. The van der Waals surface area contributed by atoms with Gasteiger partial charge >= 0.3 is 0 Å². The third kappa shape index (κ3) is 6.17. The van der Waals surface area contributed by atoms with E-state index in [1.165, 1.54) is 10.5 Å². The summed E-state index contributed by atoms with van der Waals surface area (Å²) in [7, 11) is 0. The van der Waals surface area contributed by atoms with Crippen molar-refractivity contribution >= 4 is 16.9 Å². The van der Waals surface area contributed by atoms with Crippen LogP contribution in [-0.2, 0) is 19.8 Å². The molecule has 1 aromatic heterocycles. The fourth-order valence-electron chi connectivity index (χ4n) is 3.08.